The lowest BCUT2D eigenvalue weighted by Gasteiger charge is -2.07. The fourth-order valence-corrected chi connectivity index (χ4v) is 1.23. The normalized spacial score (nSPS) is 13.6. The molecule has 0 heterocycles. The molecule has 0 aromatic rings. The van der Waals surface area contributed by atoms with Crippen molar-refractivity contribution in [2.45, 2.75) is 39.5 Å². The second-order valence-electron chi connectivity index (χ2n) is 3.52. The van der Waals surface area contributed by atoms with Crippen LogP contribution in [0.25, 0.3) is 0 Å². The topological polar surface area (TPSA) is 74.6 Å². The highest BCUT2D eigenvalue weighted by Gasteiger charge is 2.21. The molecule has 15 heavy (non-hydrogen) atoms. The van der Waals surface area contributed by atoms with Gasteiger partial charge in [-0.3, -0.25) is 4.79 Å². The molecule has 2 N–H and O–H groups in total. The predicted molar refractivity (Wildman–Crippen MR) is 56.7 cm³/mol. The van der Waals surface area contributed by atoms with Crippen molar-refractivity contribution in [2.75, 3.05) is 0 Å². The Hall–Kier alpha value is -1.32. The van der Waals surface area contributed by atoms with E-state index in [1.54, 1.807) is 0 Å². The molecule has 0 saturated carbocycles. The molecule has 0 bridgehead atoms. The summed E-state index contributed by atoms with van der Waals surface area (Å²) in [4.78, 5) is 21.4. The van der Waals surface area contributed by atoms with Crippen LogP contribution in [0.15, 0.2) is 11.6 Å². The molecule has 0 aliphatic carbocycles. The highest BCUT2D eigenvalue weighted by atomic mass is 16.4. The molecular weight excluding hydrogens is 196 g/mol. The van der Waals surface area contributed by atoms with Gasteiger partial charge in [0.2, 0.25) is 0 Å². The summed E-state index contributed by atoms with van der Waals surface area (Å²) in [7, 11) is 0. The van der Waals surface area contributed by atoms with Crippen LogP contribution >= 0.6 is 0 Å². The first-order valence-corrected chi connectivity index (χ1v) is 5.16. The summed E-state index contributed by atoms with van der Waals surface area (Å²) >= 11 is 0. The molecule has 0 aliphatic heterocycles. The molecule has 86 valence electrons. The zero-order chi connectivity index (χ0) is 11.8. The van der Waals surface area contributed by atoms with Crippen LogP contribution in [-0.2, 0) is 9.59 Å². The van der Waals surface area contributed by atoms with Gasteiger partial charge >= 0.3 is 11.9 Å². The van der Waals surface area contributed by atoms with Gasteiger partial charge in [-0.2, -0.15) is 0 Å². The number of aliphatic carboxylic acids is 2. The standard InChI is InChI=1S/C11H18O4/c1-3-4-5-6-7-9(11(14)15)8(2)10(12)13/h7-8H,3-6H2,1-2H3,(H,12,13)(H,14,15)/b9-7-/t8-/m1/s1. The maximum absolute atomic E-state index is 10.8. The molecule has 0 amide bonds. The van der Waals surface area contributed by atoms with E-state index in [1.807, 2.05) is 0 Å². The van der Waals surface area contributed by atoms with Gasteiger partial charge in [-0.15, -0.1) is 0 Å². The van der Waals surface area contributed by atoms with E-state index in [2.05, 4.69) is 6.92 Å². The first kappa shape index (κ1) is 13.7. The molecule has 0 radical (unpaired) electrons. The van der Waals surface area contributed by atoms with Crippen LogP contribution in [0.3, 0.4) is 0 Å². The molecule has 4 heteroatoms. The van der Waals surface area contributed by atoms with Gasteiger partial charge < -0.3 is 10.2 Å². The molecule has 0 saturated heterocycles. The third kappa shape index (κ3) is 5.20. The van der Waals surface area contributed by atoms with Crippen LogP contribution in [0.5, 0.6) is 0 Å². The SMILES string of the molecule is CCCCC/C=C(\C(=O)O)[C@@H](C)C(=O)O. The van der Waals surface area contributed by atoms with Gasteiger partial charge in [0.05, 0.1) is 5.92 Å². The Morgan fingerprint density at radius 2 is 1.87 bits per heavy atom. The van der Waals surface area contributed by atoms with Crippen molar-refractivity contribution in [3.8, 4) is 0 Å². The quantitative estimate of drug-likeness (QED) is 0.503. The number of carboxylic acids is 2. The smallest absolute Gasteiger partial charge is 0.332 e. The summed E-state index contributed by atoms with van der Waals surface area (Å²) in [5.41, 5.74) is -0.0152. The number of hydrogen-bond acceptors (Lipinski definition) is 2. The molecule has 0 aromatic heterocycles. The van der Waals surface area contributed by atoms with E-state index >= 15 is 0 Å². The molecule has 0 aliphatic rings. The summed E-state index contributed by atoms with van der Waals surface area (Å²) in [6.07, 6.45) is 5.15. The van der Waals surface area contributed by atoms with E-state index in [0.29, 0.717) is 6.42 Å². The van der Waals surface area contributed by atoms with Crippen molar-refractivity contribution in [3.63, 3.8) is 0 Å². The molecule has 0 unspecified atom stereocenters. The van der Waals surface area contributed by atoms with Crippen molar-refractivity contribution in [1.82, 2.24) is 0 Å². The minimum Gasteiger partial charge on any atom is -0.481 e. The second kappa shape index (κ2) is 7.04. The Kier molecular flexibility index (Phi) is 6.42. The Morgan fingerprint density at radius 1 is 1.27 bits per heavy atom. The summed E-state index contributed by atoms with van der Waals surface area (Å²) in [6, 6.07) is 0. The second-order valence-corrected chi connectivity index (χ2v) is 3.52. The van der Waals surface area contributed by atoms with Crippen molar-refractivity contribution in [2.24, 2.45) is 5.92 Å². The van der Waals surface area contributed by atoms with Crippen molar-refractivity contribution >= 4 is 11.9 Å². The Labute approximate surface area is 89.6 Å². The maximum atomic E-state index is 10.8. The van der Waals surface area contributed by atoms with Crippen LogP contribution in [0.4, 0.5) is 0 Å². The lowest BCUT2D eigenvalue weighted by Crippen LogP contribution is -2.18. The molecule has 0 spiro atoms. The summed E-state index contributed by atoms with van der Waals surface area (Å²) in [5, 5.41) is 17.5. The third-order valence-corrected chi connectivity index (χ3v) is 2.26. The van der Waals surface area contributed by atoms with E-state index < -0.39 is 17.9 Å². The van der Waals surface area contributed by atoms with E-state index in [-0.39, 0.29) is 5.57 Å². The molecular formula is C11H18O4. The Balaban J connectivity index is 4.38. The summed E-state index contributed by atoms with van der Waals surface area (Å²) in [5.74, 6) is -3.18. The molecule has 4 nitrogen and oxygen atoms in total. The minimum atomic E-state index is -1.14. The van der Waals surface area contributed by atoms with Gasteiger partial charge in [0.25, 0.3) is 0 Å². The molecule has 0 aromatic carbocycles. The summed E-state index contributed by atoms with van der Waals surface area (Å²) in [6.45, 7) is 3.45. The van der Waals surface area contributed by atoms with Crippen LogP contribution < -0.4 is 0 Å². The lowest BCUT2D eigenvalue weighted by molar-refractivity contribution is -0.143. The fourth-order valence-electron chi connectivity index (χ4n) is 1.23. The van der Waals surface area contributed by atoms with Gasteiger partial charge in [0.1, 0.15) is 0 Å². The van der Waals surface area contributed by atoms with Crippen LogP contribution in [0.2, 0.25) is 0 Å². The van der Waals surface area contributed by atoms with Gasteiger partial charge in [-0.1, -0.05) is 25.8 Å². The number of rotatable bonds is 7. The number of unbranched alkanes of at least 4 members (excludes halogenated alkanes) is 3. The third-order valence-electron chi connectivity index (χ3n) is 2.26. The molecule has 0 rings (SSSR count). The van der Waals surface area contributed by atoms with Crippen LogP contribution in [-0.4, -0.2) is 22.2 Å². The van der Waals surface area contributed by atoms with Crippen LogP contribution in [0, 0.1) is 5.92 Å². The Morgan fingerprint density at radius 3 is 2.27 bits per heavy atom. The van der Waals surface area contributed by atoms with Gasteiger partial charge in [0.15, 0.2) is 0 Å². The largest absolute Gasteiger partial charge is 0.481 e. The number of carbonyl (C=O) groups is 2. The lowest BCUT2D eigenvalue weighted by atomic mass is 9.99. The van der Waals surface area contributed by atoms with Crippen molar-refractivity contribution < 1.29 is 19.8 Å². The first-order chi connectivity index (χ1) is 7.00. The number of carboxylic acid groups (broad SMARTS) is 2. The zero-order valence-electron chi connectivity index (χ0n) is 9.19. The maximum Gasteiger partial charge on any atom is 0.332 e. The van der Waals surface area contributed by atoms with Gasteiger partial charge in [-0.25, -0.2) is 4.79 Å². The van der Waals surface area contributed by atoms with Crippen LogP contribution in [0.1, 0.15) is 39.5 Å². The average molecular weight is 214 g/mol. The number of allylic oxidation sites excluding steroid dienone is 1. The molecule has 1 atom stereocenters. The fraction of sp³-hybridized carbons (Fsp3) is 0.636. The highest BCUT2D eigenvalue weighted by Crippen LogP contribution is 2.13. The van der Waals surface area contributed by atoms with E-state index in [1.165, 1.54) is 13.0 Å². The van der Waals surface area contributed by atoms with E-state index in [0.717, 1.165) is 19.3 Å². The van der Waals surface area contributed by atoms with Crippen molar-refractivity contribution in [3.05, 3.63) is 11.6 Å². The summed E-state index contributed by atoms with van der Waals surface area (Å²) < 4.78 is 0. The predicted octanol–water partition coefficient (Wildman–Crippen LogP) is 2.30. The van der Waals surface area contributed by atoms with E-state index in [9.17, 15) is 9.59 Å². The average Bonchev–Trinajstić information content (AvgIpc) is 2.16. The monoisotopic (exact) mass is 214 g/mol. The Bertz CT molecular complexity index is 255. The highest BCUT2D eigenvalue weighted by molar-refractivity contribution is 5.93. The zero-order valence-corrected chi connectivity index (χ0v) is 9.19. The van der Waals surface area contributed by atoms with Gasteiger partial charge in [0, 0.05) is 5.57 Å². The molecule has 0 fully saturated rings. The van der Waals surface area contributed by atoms with Gasteiger partial charge in [-0.05, 0) is 19.8 Å². The minimum absolute atomic E-state index is 0.0152. The van der Waals surface area contributed by atoms with E-state index in [4.69, 9.17) is 10.2 Å². The first-order valence-electron chi connectivity index (χ1n) is 5.16. The van der Waals surface area contributed by atoms with Crippen molar-refractivity contribution in [1.29, 1.82) is 0 Å². The number of hydrogen-bond donors (Lipinski definition) is 2.